The number of benzene rings is 1. The van der Waals surface area contributed by atoms with Crippen LogP contribution in [0.3, 0.4) is 0 Å². The predicted octanol–water partition coefficient (Wildman–Crippen LogP) is 3.88. The Morgan fingerprint density at radius 3 is 2.84 bits per heavy atom. The summed E-state index contributed by atoms with van der Waals surface area (Å²) in [5.41, 5.74) is 2.53. The number of methoxy groups -OCH3 is 1. The lowest BCUT2D eigenvalue weighted by molar-refractivity contribution is 0.177. The summed E-state index contributed by atoms with van der Waals surface area (Å²) in [5.74, 6) is 1.48. The molecule has 0 unspecified atom stereocenters. The first-order chi connectivity index (χ1) is 9.17. The summed E-state index contributed by atoms with van der Waals surface area (Å²) >= 11 is 7.62. The van der Waals surface area contributed by atoms with E-state index in [9.17, 15) is 0 Å². The van der Waals surface area contributed by atoms with Crippen molar-refractivity contribution >= 4 is 23.4 Å². The molecule has 1 aromatic carbocycles. The van der Waals surface area contributed by atoms with Gasteiger partial charge >= 0.3 is 0 Å². The number of rotatable bonds is 5. The molecule has 0 spiro atoms. The van der Waals surface area contributed by atoms with Crippen LogP contribution >= 0.6 is 23.4 Å². The highest BCUT2D eigenvalue weighted by Gasteiger charge is 2.04. The van der Waals surface area contributed by atoms with Crippen LogP contribution in [0.25, 0.3) is 0 Å². The van der Waals surface area contributed by atoms with Gasteiger partial charge in [-0.25, -0.2) is 9.97 Å². The predicted molar refractivity (Wildman–Crippen MR) is 78.5 cm³/mol. The van der Waals surface area contributed by atoms with Gasteiger partial charge in [0.25, 0.3) is 0 Å². The fraction of sp³-hybridized carbons (Fsp3) is 0.286. The molecule has 0 aliphatic carbocycles. The van der Waals surface area contributed by atoms with Gasteiger partial charge in [0.15, 0.2) is 5.82 Å². The fourth-order valence-corrected chi connectivity index (χ4v) is 2.79. The van der Waals surface area contributed by atoms with Gasteiger partial charge in [-0.15, -0.1) is 11.8 Å². The van der Waals surface area contributed by atoms with Gasteiger partial charge in [-0.3, -0.25) is 0 Å². The maximum Gasteiger partial charge on any atom is 0.156 e. The van der Waals surface area contributed by atoms with Gasteiger partial charge in [0.05, 0.1) is 0 Å². The van der Waals surface area contributed by atoms with E-state index in [1.165, 1.54) is 11.1 Å². The highest BCUT2D eigenvalue weighted by Crippen LogP contribution is 2.23. The minimum absolute atomic E-state index is 0.374. The van der Waals surface area contributed by atoms with E-state index in [1.807, 2.05) is 0 Å². The third-order valence-corrected chi connectivity index (χ3v) is 3.64. The monoisotopic (exact) mass is 294 g/mol. The number of halogens is 1. The van der Waals surface area contributed by atoms with E-state index >= 15 is 0 Å². The van der Waals surface area contributed by atoms with E-state index in [0.717, 1.165) is 10.8 Å². The van der Waals surface area contributed by atoms with Crippen LogP contribution in [-0.2, 0) is 17.1 Å². The largest absolute Gasteiger partial charge is 0.377 e. The lowest BCUT2D eigenvalue weighted by atomic mass is 10.2. The molecule has 3 nitrogen and oxygen atoms in total. The molecule has 19 heavy (non-hydrogen) atoms. The van der Waals surface area contributed by atoms with Crippen molar-refractivity contribution in [2.75, 3.05) is 7.11 Å². The second kappa shape index (κ2) is 6.89. The van der Waals surface area contributed by atoms with E-state index in [0.29, 0.717) is 17.6 Å². The van der Waals surface area contributed by atoms with Crippen molar-refractivity contribution < 1.29 is 4.74 Å². The highest BCUT2D eigenvalue weighted by molar-refractivity contribution is 7.98. The van der Waals surface area contributed by atoms with Crippen molar-refractivity contribution in [3.05, 3.63) is 52.4 Å². The molecule has 0 saturated heterocycles. The normalized spacial score (nSPS) is 10.7. The van der Waals surface area contributed by atoms with Crippen LogP contribution in [0.4, 0.5) is 0 Å². The van der Waals surface area contributed by atoms with Crippen LogP contribution in [0.1, 0.15) is 17.0 Å². The molecule has 5 heteroatoms. The maximum atomic E-state index is 5.97. The Hall–Kier alpha value is -1.10. The maximum absolute atomic E-state index is 5.97. The number of aromatic nitrogens is 2. The van der Waals surface area contributed by atoms with Crippen LogP contribution < -0.4 is 0 Å². The SMILES string of the molecule is COCc1nc(Cl)cc(SCc2cccc(C)c2)n1. The third-order valence-electron chi connectivity index (χ3n) is 2.46. The van der Waals surface area contributed by atoms with Crippen molar-refractivity contribution in [1.82, 2.24) is 9.97 Å². The summed E-state index contributed by atoms with van der Waals surface area (Å²) < 4.78 is 5.02. The summed E-state index contributed by atoms with van der Waals surface area (Å²) in [5, 5.41) is 1.32. The van der Waals surface area contributed by atoms with E-state index in [4.69, 9.17) is 16.3 Å². The lowest BCUT2D eigenvalue weighted by Gasteiger charge is -2.05. The summed E-state index contributed by atoms with van der Waals surface area (Å²) in [6.45, 7) is 2.46. The molecule has 0 aliphatic rings. The Morgan fingerprint density at radius 1 is 1.26 bits per heavy atom. The van der Waals surface area contributed by atoms with Gasteiger partial charge in [0, 0.05) is 18.9 Å². The zero-order valence-corrected chi connectivity index (χ0v) is 12.5. The highest BCUT2D eigenvalue weighted by atomic mass is 35.5. The Labute approximate surface area is 122 Å². The van der Waals surface area contributed by atoms with Crippen LogP contribution in [0.2, 0.25) is 5.15 Å². The molecular weight excluding hydrogens is 280 g/mol. The molecule has 0 aliphatic heterocycles. The first-order valence-corrected chi connectivity index (χ1v) is 7.24. The molecule has 0 N–H and O–H groups in total. The van der Waals surface area contributed by atoms with Crippen molar-refractivity contribution in [2.45, 2.75) is 24.3 Å². The Bertz CT molecular complexity index is 563. The van der Waals surface area contributed by atoms with Gasteiger partial charge in [0.2, 0.25) is 0 Å². The molecule has 1 heterocycles. The summed E-state index contributed by atoms with van der Waals surface area (Å²) in [6, 6.07) is 10.2. The standard InChI is InChI=1S/C14H15ClN2OS/c1-10-4-3-5-11(6-10)9-19-14-7-12(15)16-13(17-14)8-18-2/h3-7H,8-9H2,1-2H3. The summed E-state index contributed by atoms with van der Waals surface area (Å²) in [6.07, 6.45) is 0. The molecule has 100 valence electrons. The lowest BCUT2D eigenvalue weighted by Crippen LogP contribution is -1.98. The van der Waals surface area contributed by atoms with Crippen molar-refractivity contribution in [3.8, 4) is 0 Å². The summed E-state index contributed by atoms with van der Waals surface area (Å²) in [7, 11) is 1.61. The van der Waals surface area contributed by atoms with Gasteiger partial charge < -0.3 is 4.74 Å². The van der Waals surface area contributed by atoms with Crippen molar-refractivity contribution in [3.63, 3.8) is 0 Å². The van der Waals surface area contributed by atoms with Crippen molar-refractivity contribution in [1.29, 1.82) is 0 Å². The van der Waals surface area contributed by atoms with E-state index in [1.54, 1.807) is 24.9 Å². The molecule has 1 aromatic heterocycles. The minimum Gasteiger partial charge on any atom is -0.377 e. The number of hydrogen-bond acceptors (Lipinski definition) is 4. The van der Waals surface area contributed by atoms with E-state index in [2.05, 4.69) is 41.2 Å². The number of aryl methyl sites for hydroxylation is 1. The van der Waals surface area contributed by atoms with Gasteiger partial charge in [-0.2, -0.15) is 0 Å². The van der Waals surface area contributed by atoms with Crippen LogP contribution in [0.5, 0.6) is 0 Å². The van der Waals surface area contributed by atoms with Crippen molar-refractivity contribution in [2.24, 2.45) is 0 Å². The number of thioether (sulfide) groups is 1. The molecule has 0 fully saturated rings. The molecule has 0 bridgehead atoms. The second-order valence-corrected chi connectivity index (χ2v) is 5.54. The van der Waals surface area contributed by atoms with E-state index in [-0.39, 0.29) is 0 Å². The zero-order chi connectivity index (χ0) is 13.7. The van der Waals surface area contributed by atoms with Gasteiger partial charge in [0.1, 0.15) is 16.8 Å². The molecule has 2 aromatic rings. The quantitative estimate of drug-likeness (QED) is 0.619. The van der Waals surface area contributed by atoms with Crippen LogP contribution in [0.15, 0.2) is 35.4 Å². The molecule has 0 amide bonds. The Balaban J connectivity index is 2.06. The van der Waals surface area contributed by atoms with Crippen LogP contribution in [-0.4, -0.2) is 17.1 Å². The molecule has 0 radical (unpaired) electrons. The van der Waals surface area contributed by atoms with Crippen LogP contribution in [0, 0.1) is 6.92 Å². The summed E-state index contributed by atoms with van der Waals surface area (Å²) in [4.78, 5) is 8.51. The Kier molecular flexibility index (Phi) is 5.19. The number of hydrogen-bond donors (Lipinski definition) is 0. The first kappa shape index (κ1) is 14.3. The smallest absolute Gasteiger partial charge is 0.156 e. The molecule has 0 saturated carbocycles. The zero-order valence-electron chi connectivity index (χ0n) is 10.9. The number of ether oxygens (including phenoxy) is 1. The molecule has 2 rings (SSSR count). The molecular formula is C14H15ClN2OS. The fourth-order valence-electron chi connectivity index (χ4n) is 1.67. The minimum atomic E-state index is 0.374. The number of nitrogens with zero attached hydrogens (tertiary/aromatic N) is 2. The van der Waals surface area contributed by atoms with Gasteiger partial charge in [-0.05, 0) is 12.5 Å². The topological polar surface area (TPSA) is 35.0 Å². The second-order valence-electron chi connectivity index (χ2n) is 4.16. The Morgan fingerprint density at radius 2 is 2.11 bits per heavy atom. The van der Waals surface area contributed by atoms with E-state index < -0.39 is 0 Å². The molecule has 0 atom stereocenters. The van der Waals surface area contributed by atoms with Gasteiger partial charge in [-0.1, -0.05) is 41.4 Å². The third kappa shape index (κ3) is 4.49. The first-order valence-electron chi connectivity index (χ1n) is 5.88. The average Bonchev–Trinajstić information content (AvgIpc) is 2.36. The average molecular weight is 295 g/mol.